The Morgan fingerprint density at radius 2 is 0.846 bits per heavy atom. The molecule has 10 heteroatoms. The molecule has 2 aromatic carbocycles. The molecule has 1 heterocycles. The molecular formula is C16H10B2N2O4S2. The first-order valence-corrected chi connectivity index (χ1v) is 10.2. The van der Waals surface area contributed by atoms with E-state index in [0.29, 0.717) is 10.9 Å². The molecule has 0 saturated carbocycles. The van der Waals surface area contributed by atoms with Crippen LogP contribution in [0.15, 0.2) is 80.5 Å². The molecule has 0 spiro atoms. The molecule has 3 aromatic rings. The second-order valence-corrected chi connectivity index (χ2v) is 9.15. The summed E-state index contributed by atoms with van der Waals surface area (Å²) in [5.41, 5.74) is 0.833. The topological polar surface area (TPSA) is 94.1 Å². The van der Waals surface area contributed by atoms with Gasteiger partial charge in [-0.25, -0.2) is 16.8 Å². The van der Waals surface area contributed by atoms with E-state index in [0.717, 1.165) is 12.1 Å². The van der Waals surface area contributed by atoms with Gasteiger partial charge in [0.2, 0.25) is 19.7 Å². The summed E-state index contributed by atoms with van der Waals surface area (Å²) >= 11 is 0. The molecule has 0 saturated heterocycles. The molecule has 0 aliphatic carbocycles. The molecule has 3 rings (SSSR count). The van der Waals surface area contributed by atoms with E-state index in [1.807, 2.05) is 0 Å². The number of hydrogen-bond donors (Lipinski definition) is 0. The first kappa shape index (κ1) is 18.3. The van der Waals surface area contributed by atoms with Crippen LogP contribution in [0, 0.1) is 0 Å². The van der Waals surface area contributed by atoms with Crippen molar-refractivity contribution in [1.82, 2.24) is 10.2 Å². The van der Waals surface area contributed by atoms with Crippen molar-refractivity contribution in [2.45, 2.75) is 19.8 Å². The van der Waals surface area contributed by atoms with Crippen molar-refractivity contribution >= 4 is 46.3 Å². The lowest BCUT2D eigenvalue weighted by atomic mass is 9.97. The largest absolute Gasteiger partial charge is 0.225 e. The molecule has 0 aliphatic heterocycles. The molecule has 126 valence electrons. The van der Waals surface area contributed by atoms with Crippen LogP contribution in [0.5, 0.6) is 0 Å². The van der Waals surface area contributed by atoms with Gasteiger partial charge in [0, 0.05) is 0 Å². The van der Waals surface area contributed by atoms with E-state index in [4.69, 9.17) is 15.7 Å². The second-order valence-electron chi connectivity index (χ2n) is 5.35. The van der Waals surface area contributed by atoms with E-state index in [1.165, 1.54) is 48.5 Å². The molecule has 0 N–H and O–H groups in total. The SMILES string of the molecule is [B]c1ccc(S(=O)(=O)c2ccc(S(=O)(=O)c3ccc([B])cc3)nn2)cc1. The molecule has 26 heavy (non-hydrogen) atoms. The maximum absolute atomic E-state index is 12.5. The van der Waals surface area contributed by atoms with Gasteiger partial charge in [-0.2, -0.15) is 0 Å². The zero-order chi connectivity index (χ0) is 18.9. The van der Waals surface area contributed by atoms with Gasteiger partial charge >= 0.3 is 0 Å². The minimum atomic E-state index is -3.93. The fourth-order valence-corrected chi connectivity index (χ4v) is 4.39. The fraction of sp³-hybridized carbons (Fsp3) is 0. The van der Waals surface area contributed by atoms with Crippen molar-refractivity contribution in [2.24, 2.45) is 0 Å². The van der Waals surface area contributed by atoms with E-state index < -0.39 is 19.7 Å². The first-order chi connectivity index (χ1) is 12.2. The average molecular weight is 380 g/mol. The Labute approximate surface area is 154 Å². The highest BCUT2D eigenvalue weighted by molar-refractivity contribution is 7.91. The number of benzene rings is 2. The Bertz CT molecular complexity index is 1050. The molecule has 0 amide bonds. The maximum Gasteiger partial charge on any atom is 0.225 e. The van der Waals surface area contributed by atoms with Crippen LogP contribution in [0.2, 0.25) is 0 Å². The number of rotatable bonds is 4. The summed E-state index contributed by atoms with van der Waals surface area (Å²) in [6.45, 7) is 0. The van der Waals surface area contributed by atoms with E-state index in [2.05, 4.69) is 10.2 Å². The fourth-order valence-electron chi connectivity index (χ4n) is 2.13. The van der Waals surface area contributed by atoms with E-state index in [-0.39, 0.29) is 19.8 Å². The summed E-state index contributed by atoms with van der Waals surface area (Å²) in [7, 11) is 3.23. The molecule has 0 bridgehead atoms. The van der Waals surface area contributed by atoms with Gasteiger partial charge in [0.15, 0.2) is 10.1 Å². The standard InChI is InChI=1S/C16H10B2N2O4S2/c17-11-1-5-13(6-2-11)25(21,22)15-9-10-16(20-19-15)26(23,24)14-7-3-12(18)4-8-14/h1-10H. The van der Waals surface area contributed by atoms with Crippen LogP contribution < -0.4 is 10.9 Å². The predicted octanol–water partition coefficient (Wildman–Crippen LogP) is -0.270. The average Bonchev–Trinajstić information content (AvgIpc) is 2.62. The van der Waals surface area contributed by atoms with Gasteiger partial charge in [-0.1, -0.05) is 35.2 Å². The summed E-state index contributed by atoms with van der Waals surface area (Å²) in [5, 5.41) is 6.45. The Kier molecular flexibility index (Phi) is 4.72. The lowest BCUT2D eigenvalue weighted by Crippen LogP contribution is -2.11. The normalized spacial score (nSPS) is 12.0. The summed E-state index contributed by atoms with van der Waals surface area (Å²) in [6, 6.07) is 13.3. The molecule has 0 aliphatic rings. The zero-order valence-electron chi connectivity index (χ0n) is 13.3. The molecule has 0 fully saturated rings. The lowest BCUT2D eigenvalue weighted by Gasteiger charge is -2.06. The van der Waals surface area contributed by atoms with Gasteiger partial charge in [0.05, 0.1) is 9.79 Å². The lowest BCUT2D eigenvalue weighted by molar-refractivity contribution is 0.580. The summed E-state index contributed by atoms with van der Waals surface area (Å²) in [4.78, 5) is -0.0368. The number of nitrogens with zero attached hydrogens (tertiary/aromatic N) is 2. The van der Waals surface area contributed by atoms with Gasteiger partial charge in [-0.3, -0.25) is 0 Å². The second kappa shape index (κ2) is 6.69. The highest BCUT2D eigenvalue weighted by atomic mass is 32.2. The Morgan fingerprint density at radius 3 is 1.12 bits per heavy atom. The van der Waals surface area contributed by atoms with Crippen LogP contribution >= 0.6 is 0 Å². The highest BCUT2D eigenvalue weighted by Gasteiger charge is 2.23. The first-order valence-electron chi connectivity index (χ1n) is 7.26. The van der Waals surface area contributed by atoms with Crippen LogP contribution in [-0.4, -0.2) is 42.7 Å². The van der Waals surface area contributed by atoms with Gasteiger partial charge < -0.3 is 0 Å². The van der Waals surface area contributed by atoms with Gasteiger partial charge in [0.1, 0.15) is 15.7 Å². The van der Waals surface area contributed by atoms with E-state index in [1.54, 1.807) is 0 Å². The Balaban J connectivity index is 1.98. The monoisotopic (exact) mass is 380 g/mol. The van der Waals surface area contributed by atoms with Gasteiger partial charge in [-0.05, 0) is 36.4 Å². The summed E-state index contributed by atoms with van der Waals surface area (Å²) in [5.74, 6) is 0. The van der Waals surface area contributed by atoms with E-state index in [9.17, 15) is 16.8 Å². The number of hydrogen-bond acceptors (Lipinski definition) is 6. The molecular weight excluding hydrogens is 370 g/mol. The molecule has 0 unspecified atom stereocenters. The third-order valence-electron chi connectivity index (χ3n) is 3.55. The van der Waals surface area contributed by atoms with Crippen LogP contribution in [0.1, 0.15) is 0 Å². The number of aromatic nitrogens is 2. The third kappa shape index (κ3) is 3.42. The van der Waals surface area contributed by atoms with E-state index >= 15 is 0 Å². The molecule has 4 radical (unpaired) electrons. The number of sulfone groups is 2. The minimum Gasteiger partial charge on any atom is -0.217 e. The van der Waals surface area contributed by atoms with Crippen molar-refractivity contribution in [3.05, 3.63) is 60.7 Å². The van der Waals surface area contributed by atoms with Gasteiger partial charge in [-0.15, -0.1) is 10.2 Å². The Morgan fingerprint density at radius 1 is 0.538 bits per heavy atom. The van der Waals surface area contributed by atoms with Gasteiger partial charge in [0.25, 0.3) is 0 Å². The van der Waals surface area contributed by atoms with Crippen LogP contribution in [0.25, 0.3) is 0 Å². The van der Waals surface area contributed by atoms with Crippen molar-refractivity contribution < 1.29 is 16.8 Å². The quantitative estimate of drug-likeness (QED) is 0.579. The van der Waals surface area contributed by atoms with Crippen LogP contribution in [-0.2, 0) is 19.7 Å². The van der Waals surface area contributed by atoms with Crippen molar-refractivity contribution in [1.29, 1.82) is 0 Å². The predicted molar refractivity (Wildman–Crippen MR) is 96.6 cm³/mol. The van der Waals surface area contributed by atoms with Crippen molar-refractivity contribution in [2.75, 3.05) is 0 Å². The maximum atomic E-state index is 12.5. The summed E-state index contributed by atoms with van der Waals surface area (Å²) < 4.78 is 50.0. The molecule has 6 nitrogen and oxygen atoms in total. The molecule has 1 aromatic heterocycles. The summed E-state index contributed by atoms with van der Waals surface area (Å²) in [6.07, 6.45) is 0. The minimum absolute atomic E-state index is 0.0184. The molecule has 0 atom stereocenters. The third-order valence-corrected chi connectivity index (χ3v) is 6.87. The smallest absolute Gasteiger partial charge is 0.217 e. The van der Waals surface area contributed by atoms with Crippen molar-refractivity contribution in [3.63, 3.8) is 0 Å². The Hall–Kier alpha value is -2.45. The zero-order valence-corrected chi connectivity index (χ0v) is 14.9. The highest BCUT2D eigenvalue weighted by Crippen LogP contribution is 2.21. The van der Waals surface area contributed by atoms with Crippen LogP contribution in [0.4, 0.5) is 0 Å². The van der Waals surface area contributed by atoms with Crippen molar-refractivity contribution in [3.8, 4) is 0 Å². The van der Waals surface area contributed by atoms with Crippen LogP contribution in [0.3, 0.4) is 0 Å².